The van der Waals surface area contributed by atoms with Crippen LogP contribution in [0.2, 0.25) is 0 Å². The third kappa shape index (κ3) is 2.64. The lowest BCUT2D eigenvalue weighted by molar-refractivity contribution is 0.0572. The molecule has 14 heavy (non-hydrogen) atoms. The monoisotopic (exact) mass is 224 g/mol. The molecule has 0 aromatic heterocycles. The Balaban J connectivity index is 2.57. The molecule has 2 unspecified atom stereocenters. The number of aliphatic hydroxyl groups is 2. The number of sulfonamides is 1. The molecule has 1 fully saturated rings. The number of hydrogen-bond donors (Lipinski definition) is 3. The van der Waals surface area contributed by atoms with Crippen LogP contribution in [0, 0.1) is 0 Å². The van der Waals surface area contributed by atoms with Crippen molar-refractivity contribution in [3.8, 4) is 0 Å². The molecule has 84 valence electrons. The Bertz CT molecular complexity index is 269. The fraction of sp³-hybridized carbons (Fsp3) is 1.00. The summed E-state index contributed by atoms with van der Waals surface area (Å²) in [6.07, 6.45) is -1.92. The topological polar surface area (TPSA) is 89.9 Å². The van der Waals surface area contributed by atoms with Crippen LogP contribution in [0.15, 0.2) is 0 Å². The van der Waals surface area contributed by atoms with E-state index in [1.807, 2.05) is 0 Å². The van der Waals surface area contributed by atoms with Gasteiger partial charge < -0.3 is 15.5 Å². The van der Waals surface area contributed by atoms with Gasteiger partial charge in [0.05, 0.1) is 18.0 Å². The Kier molecular flexibility index (Phi) is 3.85. The predicted molar refractivity (Wildman–Crippen MR) is 51.3 cm³/mol. The van der Waals surface area contributed by atoms with Crippen molar-refractivity contribution in [2.45, 2.75) is 12.2 Å². The van der Waals surface area contributed by atoms with Crippen molar-refractivity contribution in [3.63, 3.8) is 0 Å². The van der Waals surface area contributed by atoms with Crippen LogP contribution in [-0.4, -0.2) is 67.6 Å². The number of nitrogens with zero attached hydrogens (tertiary/aromatic N) is 1. The lowest BCUT2D eigenvalue weighted by Gasteiger charge is -2.14. The van der Waals surface area contributed by atoms with Crippen LogP contribution in [0.5, 0.6) is 0 Å². The van der Waals surface area contributed by atoms with E-state index in [2.05, 4.69) is 5.32 Å². The molecule has 7 heteroatoms. The molecule has 2 atom stereocenters. The first-order chi connectivity index (χ1) is 6.47. The Morgan fingerprint density at radius 2 is 1.86 bits per heavy atom. The average molecular weight is 224 g/mol. The highest BCUT2D eigenvalue weighted by molar-refractivity contribution is 7.89. The molecule has 0 aromatic rings. The number of hydrogen-bond acceptors (Lipinski definition) is 5. The zero-order valence-corrected chi connectivity index (χ0v) is 8.87. The van der Waals surface area contributed by atoms with E-state index in [-0.39, 0.29) is 18.8 Å². The van der Waals surface area contributed by atoms with Crippen molar-refractivity contribution >= 4 is 10.0 Å². The predicted octanol–water partition coefficient (Wildman–Crippen LogP) is -2.43. The van der Waals surface area contributed by atoms with Crippen LogP contribution in [-0.2, 0) is 10.0 Å². The second kappa shape index (κ2) is 4.54. The third-order valence-corrected chi connectivity index (χ3v) is 4.03. The van der Waals surface area contributed by atoms with Crippen molar-refractivity contribution in [1.29, 1.82) is 0 Å². The van der Waals surface area contributed by atoms with E-state index in [0.717, 1.165) is 4.31 Å². The van der Waals surface area contributed by atoms with Crippen LogP contribution in [0.25, 0.3) is 0 Å². The molecular formula is C7H16N2O4S. The van der Waals surface area contributed by atoms with Gasteiger partial charge in [-0.15, -0.1) is 0 Å². The molecule has 1 rings (SSSR count). The summed E-state index contributed by atoms with van der Waals surface area (Å²) >= 11 is 0. The van der Waals surface area contributed by atoms with E-state index in [1.165, 1.54) is 0 Å². The molecule has 1 aliphatic heterocycles. The molecule has 0 bridgehead atoms. The Hall–Kier alpha value is -0.210. The minimum Gasteiger partial charge on any atom is -0.389 e. The van der Waals surface area contributed by atoms with Gasteiger partial charge in [-0.3, -0.25) is 0 Å². The molecule has 0 spiro atoms. The second-order valence-corrected chi connectivity index (χ2v) is 5.46. The number of nitrogens with one attached hydrogen (secondary N) is 1. The van der Waals surface area contributed by atoms with Crippen LogP contribution >= 0.6 is 0 Å². The van der Waals surface area contributed by atoms with Crippen LogP contribution in [0.4, 0.5) is 0 Å². The van der Waals surface area contributed by atoms with E-state index >= 15 is 0 Å². The smallest absolute Gasteiger partial charge is 0.215 e. The summed E-state index contributed by atoms with van der Waals surface area (Å²) < 4.78 is 24.2. The summed E-state index contributed by atoms with van der Waals surface area (Å²) in [5, 5.41) is 21.1. The van der Waals surface area contributed by atoms with E-state index in [1.54, 1.807) is 7.05 Å². The maximum Gasteiger partial charge on any atom is 0.215 e. The van der Waals surface area contributed by atoms with Gasteiger partial charge in [0.2, 0.25) is 10.0 Å². The molecule has 1 saturated heterocycles. The third-order valence-electron chi connectivity index (χ3n) is 2.23. The van der Waals surface area contributed by atoms with Crippen LogP contribution in [0.1, 0.15) is 0 Å². The molecule has 0 amide bonds. The maximum atomic E-state index is 11.5. The zero-order chi connectivity index (χ0) is 10.8. The molecule has 0 saturated carbocycles. The summed E-state index contributed by atoms with van der Waals surface area (Å²) in [6.45, 7) is 0.353. The molecule has 6 nitrogen and oxygen atoms in total. The van der Waals surface area contributed by atoms with Crippen molar-refractivity contribution in [3.05, 3.63) is 0 Å². The molecule has 0 aromatic carbocycles. The van der Waals surface area contributed by atoms with E-state index in [9.17, 15) is 18.6 Å². The van der Waals surface area contributed by atoms with Gasteiger partial charge in [0.1, 0.15) is 0 Å². The van der Waals surface area contributed by atoms with Crippen molar-refractivity contribution in [2.75, 3.05) is 32.4 Å². The number of β-amino-alcohol motifs (C(OH)–C–C–N with tert-alkyl or cyclic N) is 2. The summed E-state index contributed by atoms with van der Waals surface area (Å²) in [6, 6.07) is 0. The van der Waals surface area contributed by atoms with Gasteiger partial charge in [-0.25, -0.2) is 8.42 Å². The van der Waals surface area contributed by atoms with Gasteiger partial charge in [-0.2, -0.15) is 4.31 Å². The summed E-state index contributed by atoms with van der Waals surface area (Å²) in [4.78, 5) is 0. The molecule has 0 aliphatic carbocycles. The fourth-order valence-corrected chi connectivity index (χ4v) is 2.80. The first-order valence-corrected chi connectivity index (χ1v) is 6.07. The highest BCUT2D eigenvalue weighted by atomic mass is 32.2. The minimum absolute atomic E-state index is 0.00673. The summed E-state index contributed by atoms with van der Waals surface area (Å²) in [5.74, 6) is -0.0110. The fourth-order valence-electron chi connectivity index (χ4n) is 1.32. The molecule has 0 radical (unpaired) electrons. The first kappa shape index (κ1) is 11.9. The van der Waals surface area contributed by atoms with Crippen molar-refractivity contribution in [1.82, 2.24) is 9.62 Å². The number of aliphatic hydroxyl groups excluding tert-OH is 2. The SMILES string of the molecule is CNCCS(=O)(=O)N1CC(O)C(O)C1. The Morgan fingerprint density at radius 3 is 2.29 bits per heavy atom. The Labute approximate surface area is 83.6 Å². The zero-order valence-electron chi connectivity index (χ0n) is 8.05. The largest absolute Gasteiger partial charge is 0.389 e. The van der Waals surface area contributed by atoms with Gasteiger partial charge >= 0.3 is 0 Å². The van der Waals surface area contributed by atoms with Gasteiger partial charge in [0, 0.05) is 19.6 Å². The molecule has 3 N–H and O–H groups in total. The summed E-state index contributed by atoms with van der Waals surface area (Å²) in [7, 11) is -1.67. The van der Waals surface area contributed by atoms with Crippen molar-refractivity contribution in [2.24, 2.45) is 0 Å². The van der Waals surface area contributed by atoms with E-state index in [0.29, 0.717) is 6.54 Å². The maximum absolute atomic E-state index is 11.5. The Morgan fingerprint density at radius 1 is 1.36 bits per heavy atom. The number of rotatable bonds is 4. The lowest BCUT2D eigenvalue weighted by atomic mass is 10.3. The minimum atomic E-state index is -3.34. The quantitative estimate of drug-likeness (QED) is 0.494. The lowest BCUT2D eigenvalue weighted by Crippen LogP contribution is -2.35. The van der Waals surface area contributed by atoms with Crippen LogP contribution in [0.3, 0.4) is 0 Å². The first-order valence-electron chi connectivity index (χ1n) is 4.46. The standard InChI is InChI=1S/C7H16N2O4S/c1-8-2-3-14(12,13)9-4-6(10)7(11)5-9/h6-8,10-11H,2-5H2,1H3. The molecule has 1 heterocycles. The van der Waals surface area contributed by atoms with Gasteiger partial charge in [-0.1, -0.05) is 0 Å². The van der Waals surface area contributed by atoms with Gasteiger partial charge in [0.15, 0.2) is 0 Å². The molecule has 1 aliphatic rings. The second-order valence-electron chi connectivity index (χ2n) is 3.37. The van der Waals surface area contributed by atoms with Gasteiger partial charge in [0.25, 0.3) is 0 Å². The van der Waals surface area contributed by atoms with E-state index < -0.39 is 22.2 Å². The highest BCUT2D eigenvalue weighted by Crippen LogP contribution is 2.14. The van der Waals surface area contributed by atoms with Gasteiger partial charge in [-0.05, 0) is 7.05 Å². The molecular weight excluding hydrogens is 208 g/mol. The summed E-state index contributed by atoms with van der Waals surface area (Å²) in [5.41, 5.74) is 0. The van der Waals surface area contributed by atoms with Crippen LogP contribution < -0.4 is 5.32 Å². The normalized spacial score (nSPS) is 29.6. The van der Waals surface area contributed by atoms with E-state index in [4.69, 9.17) is 0 Å². The highest BCUT2D eigenvalue weighted by Gasteiger charge is 2.36. The average Bonchev–Trinajstić information content (AvgIpc) is 2.45. The van der Waals surface area contributed by atoms with Crippen molar-refractivity contribution < 1.29 is 18.6 Å².